The molecule has 2 nitrogen and oxygen atoms in total. The average molecular weight is 197 g/mol. The zero-order valence-electron chi connectivity index (χ0n) is 9.75. The van der Waals surface area contributed by atoms with E-state index in [2.05, 4.69) is 25.7 Å². The molecule has 1 amide bonds. The van der Waals surface area contributed by atoms with E-state index in [1.165, 1.54) is 6.42 Å². The van der Waals surface area contributed by atoms with E-state index in [1.807, 2.05) is 0 Å². The number of carbonyl (C=O) groups excluding carboxylic acids is 1. The summed E-state index contributed by atoms with van der Waals surface area (Å²) < 4.78 is 0. The lowest BCUT2D eigenvalue weighted by Crippen LogP contribution is -2.34. The summed E-state index contributed by atoms with van der Waals surface area (Å²) in [5.41, 5.74) is 0. The number of hydrogen-bond acceptors (Lipinski definition) is 1. The van der Waals surface area contributed by atoms with Crippen LogP contribution in [0.25, 0.3) is 0 Å². The van der Waals surface area contributed by atoms with Crippen LogP contribution < -0.4 is 0 Å². The first-order valence-electron chi connectivity index (χ1n) is 5.97. The molecule has 1 heterocycles. The Hall–Kier alpha value is -0.530. The Morgan fingerprint density at radius 1 is 1.50 bits per heavy atom. The van der Waals surface area contributed by atoms with Gasteiger partial charge in [-0.15, -0.1) is 0 Å². The van der Waals surface area contributed by atoms with Crippen molar-refractivity contribution in [1.82, 2.24) is 4.90 Å². The molecule has 0 spiro atoms. The normalized spacial score (nSPS) is 23.9. The number of likely N-dealkylation sites (tertiary alicyclic amines) is 1. The summed E-state index contributed by atoms with van der Waals surface area (Å²) in [7, 11) is 0. The average Bonchev–Trinajstić information content (AvgIpc) is 2.60. The first-order chi connectivity index (χ1) is 6.69. The van der Waals surface area contributed by atoms with Gasteiger partial charge in [0.2, 0.25) is 5.91 Å². The highest BCUT2D eigenvalue weighted by Crippen LogP contribution is 2.21. The lowest BCUT2D eigenvalue weighted by molar-refractivity contribution is -0.134. The molecule has 0 radical (unpaired) electrons. The predicted molar refractivity (Wildman–Crippen MR) is 59.1 cm³/mol. The van der Waals surface area contributed by atoms with Gasteiger partial charge in [0.05, 0.1) is 0 Å². The minimum Gasteiger partial charge on any atom is -0.342 e. The predicted octanol–water partition coefficient (Wildman–Crippen LogP) is 2.68. The van der Waals surface area contributed by atoms with Gasteiger partial charge in [0, 0.05) is 19.0 Å². The summed E-state index contributed by atoms with van der Waals surface area (Å²) in [6.45, 7) is 8.48. The SMILES string of the molecule is CCCC(CC)C(=O)N1CCC(C)C1. The Labute approximate surface area is 87.7 Å². The maximum atomic E-state index is 12.0. The first-order valence-corrected chi connectivity index (χ1v) is 5.97. The van der Waals surface area contributed by atoms with Crippen LogP contribution in [0.1, 0.15) is 46.5 Å². The first kappa shape index (κ1) is 11.5. The van der Waals surface area contributed by atoms with E-state index in [9.17, 15) is 4.79 Å². The number of rotatable bonds is 4. The molecule has 2 unspecified atom stereocenters. The van der Waals surface area contributed by atoms with Crippen LogP contribution in [-0.2, 0) is 4.79 Å². The van der Waals surface area contributed by atoms with Crippen LogP contribution in [0.3, 0.4) is 0 Å². The molecule has 0 bridgehead atoms. The highest BCUT2D eigenvalue weighted by Gasteiger charge is 2.27. The molecule has 0 aromatic carbocycles. The lowest BCUT2D eigenvalue weighted by Gasteiger charge is -2.22. The fourth-order valence-corrected chi connectivity index (χ4v) is 2.24. The van der Waals surface area contributed by atoms with Gasteiger partial charge in [0.1, 0.15) is 0 Å². The molecule has 82 valence electrons. The van der Waals surface area contributed by atoms with Crippen molar-refractivity contribution in [3.63, 3.8) is 0 Å². The maximum Gasteiger partial charge on any atom is 0.225 e. The number of nitrogens with zero attached hydrogens (tertiary/aromatic N) is 1. The van der Waals surface area contributed by atoms with Crippen molar-refractivity contribution in [2.45, 2.75) is 46.5 Å². The Bertz CT molecular complexity index is 185. The second-order valence-corrected chi connectivity index (χ2v) is 4.57. The molecule has 1 aliphatic heterocycles. The molecule has 2 atom stereocenters. The van der Waals surface area contributed by atoms with Gasteiger partial charge in [-0.05, 0) is 25.2 Å². The molecule has 0 aromatic rings. The second-order valence-electron chi connectivity index (χ2n) is 4.57. The third-order valence-corrected chi connectivity index (χ3v) is 3.21. The number of amides is 1. The third-order valence-electron chi connectivity index (χ3n) is 3.21. The summed E-state index contributed by atoms with van der Waals surface area (Å²) >= 11 is 0. The fraction of sp³-hybridized carbons (Fsp3) is 0.917. The van der Waals surface area contributed by atoms with E-state index in [-0.39, 0.29) is 5.92 Å². The zero-order chi connectivity index (χ0) is 10.6. The molecule has 1 saturated heterocycles. The van der Waals surface area contributed by atoms with E-state index in [0.29, 0.717) is 11.8 Å². The second kappa shape index (κ2) is 5.38. The van der Waals surface area contributed by atoms with Crippen LogP contribution in [0.4, 0.5) is 0 Å². The molecule has 0 aromatic heterocycles. The minimum absolute atomic E-state index is 0.283. The van der Waals surface area contributed by atoms with Crippen molar-refractivity contribution < 1.29 is 4.79 Å². The van der Waals surface area contributed by atoms with Crippen molar-refractivity contribution >= 4 is 5.91 Å². The molecule has 0 saturated carbocycles. The van der Waals surface area contributed by atoms with Crippen molar-refractivity contribution in [3.05, 3.63) is 0 Å². The monoisotopic (exact) mass is 197 g/mol. The smallest absolute Gasteiger partial charge is 0.225 e. The van der Waals surface area contributed by atoms with E-state index >= 15 is 0 Å². The van der Waals surface area contributed by atoms with Gasteiger partial charge in [0.15, 0.2) is 0 Å². The third kappa shape index (κ3) is 2.73. The van der Waals surface area contributed by atoms with Gasteiger partial charge in [-0.2, -0.15) is 0 Å². The van der Waals surface area contributed by atoms with Gasteiger partial charge in [-0.1, -0.05) is 27.2 Å². The van der Waals surface area contributed by atoms with Gasteiger partial charge >= 0.3 is 0 Å². The standard InChI is InChI=1S/C12H23NO/c1-4-6-11(5-2)12(14)13-8-7-10(3)9-13/h10-11H,4-9H2,1-3H3. The van der Waals surface area contributed by atoms with Gasteiger partial charge in [-0.3, -0.25) is 4.79 Å². The Balaban J connectivity index is 2.45. The topological polar surface area (TPSA) is 20.3 Å². The number of hydrogen-bond donors (Lipinski definition) is 0. The van der Waals surface area contributed by atoms with Gasteiger partial charge < -0.3 is 4.90 Å². The van der Waals surface area contributed by atoms with Crippen molar-refractivity contribution in [2.24, 2.45) is 11.8 Å². The van der Waals surface area contributed by atoms with E-state index in [1.54, 1.807) is 0 Å². The van der Waals surface area contributed by atoms with Gasteiger partial charge in [0.25, 0.3) is 0 Å². The summed E-state index contributed by atoms with van der Waals surface area (Å²) in [5, 5.41) is 0. The van der Waals surface area contributed by atoms with E-state index < -0.39 is 0 Å². The molecular formula is C12H23NO. The van der Waals surface area contributed by atoms with E-state index in [0.717, 1.165) is 32.4 Å². The highest BCUT2D eigenvalue weighted by atomic mass is 16.2. The van der Waals surface area contributed by atoms with Crippen LogP contribution in [-0.4, -0.2) is 23.9 Å². The van der Waals surface area contributed by atoms with Crippen molar-refractivity contribution in [3.8, 4) is 0 Å². The van der Waals surface area contributed by atoms with Crippen molar-refractivity contribution in [2.75, 3.05) is 13.1 Å². The van der Waals surface area contributed by atoms with Crippen LogP contribution in [0.2, 0.25) is 0 Å². The maximum absolute atomic E-state index is 12.0. The minimum atomic E-state index is 0.283. The van der Waals surface area contributed by atoms with Crippen molar-refractivity contribution in [1.29, 1.82) is 0 Å². The Kier molecular flexibility index (Phi) is 4.43. The summed E-state index contributed by atoms with van der Waals surface area (Å²) in [6.07, 6.45) is 4.36. The molecule has 1 rings (SSSR count). The molecule has 1 fully saturated rings. The van der Waals surface area contributed by atoms with E-state index in [4.69, 9.17) is 0 Å². The molecule has 0 aliphatic carbocycles. The molecule has 2 heteroatoms. The fourth-order valence-electron chi connectivity index (χ4n) is 2.24. The Morgan fingerprint density at radius 3 is 2.64 bits per heavy atom. The largest absolute Gasteiger partial charge is 0.342 e. The molecule has 1 aliphatic rings. The molecular weight excluding hydrogens is 174 g/mol. The molecule has 14 heavy (non-hydrogen) atoms. The number of carbonyl (C=O) groups is 1. The summed E-state index contributed by atoms with van der Waals surface area (Å²) in [4.78, 5) is 14.1. The van der Waals surface area contributed by atoms with Crippen LogP contribution in [0.5, 0.6) is 0 Å². The molecule has 0 N–H and O–H groups in total. The summed E-state index contributed by atoms with van der Waals surface area (Å²) in [5.74, 6) is 1.39. The van der Waals surface area contributed by atoms with Crippen LogP contribution in [0, 0.1) is 11.8 Å². The zero-order valence-corrected chi connectivity index (χ0v) is 9.75. The van der Waals surface area contributed by atoms with Crippen LogP contribution in [0.15, 0.2) is 0 Å². The van der Waals surface area contributed by atoms with Crippen LogP contribution >= 0.6 is 0 Å². The Morgan fingerprint density at radius 2 is 2.21 bits per heavy atom. The summed E-state index contributed by atoms with van der Waals surface area (Å²) in [6, 6.07) is 0. The van der Waals surface area contributed by atoms with Gasteiger partial charge in [-0.25, -0.2) is 0 Å². The quantitative estimate of drug-likeness (QED) is 0.678. The lowest BCUT2D eigenvalue weighted by atomic mass is 9.99. The highest BCUT2D eigenvalue weighted by molar-refractivity contribution is 5.79.